The number of aliphatic hydroxyl groups excluding tert-OH is 1. The molecule has 78 valence electrons. The monoisotopic (exact) mass is 257 g/mol. The standard InChI is InChI=1S/C11H16BrNO/c1-2-10(8-14)13-7-9-5-3-4-6-11(9)12/h3-6,10,13-14H,2,7-8H2,1H3/t10-/m0/s1. The van der Waals surface area contributed by atoms with E-state index in [2.05, 4.69) is 34.2 Å². The van der Waals surface area contributed by atoms with Crippen molar-refractivity contribution < 1.29 is 5.11 Å². The molecule has 0 aliphatic heterocycles. The van der Waals surface area contributed by atoms with Crippen molar-refractivity contribution in [1.29, 1.82) is 0 Å². The molecule has 0 bridgehead atoms. The second kappa shape index (κ2) is 6.17. The maximum Gasteiger partial charge on any atom is 0.0584 e. The van der Waals surface area contributed by atoms with Gasteiger partial charge in [0.05, 0.1) is 6.61 Å². The molecule has 0 heterocycles. The van der Waals surface area contributed by atoms with Crippen molar-refractivity contribution in [3.05, 3.63) is 34.3 Å². The van der Waals surface area contributed by atoms with E-state index in [4.69, 9.17) is 5.11 Å². The molecule has 2 nitrogen and oxygen atoms in total. The van der Waals surface area contributed by atoms with Gasteiger partial charge in [-0.25, -0.2) is 0 Å². The summed E-state index contributed by atoms with van der Waals surface area (Å²) in [5.74, 6) is 0. The van der Waals surface area contributed by atoms with Gasteiger partial charge >= 0.3 is 0 Å². The van der Waals surface area contributed by atoms with Crippen molar-refractivity contribution in [2.45, 2.75) is 25.9 Å². The number of nitrogens with one attached hydrogen (secondary N) is 1. The molecule has 1 aromatic rings. The topological polar surface area (TPSA) is 32.3 Å². The first-order valence-corrected chi connectivity index (χ1v) is 5.64. The molecule has 3 heteroatoms. The minimum atomic E-state index is 0.195. The third-order valence-electron chi connectivity index (χ3n) is 2.25. The molecule has 0 unspecified atom stereocenters. The summed E-state index contributed by atoms with van der Waals surface area (Å²) < 4.78 is 1.11. The van der Waals surface area contributed by atoms with E-state index in [1.165, 1.54) is 5.56 Å². The van der Waals surface area contributed by atoms with Crippen LogP contribution in [0.1, 0.15) is 18.9 Å². The summed E-state index contributed by atoms with van der Waals surface area (Å²) in [4.78, 5) is 0. The Balaban J connectivity index is 2.49. The van der Waals surface area contributed by atoms with Crippen LogP contribution in [0.25, 0.3) is 0 Å². The molecule has 0 aromatic heterocycles. The highest BCUT2D eigenvalue weighted by atomic mass is 79.9. The highest BCUT2D eigenvalue weighted by Crippen LogP contribution is 2.15. The van der Waals surface area contributed by atoms with Gasteiger partial charge in [0.25, 0.3) is 0 Å². The van der Waals surface area contributed by atoms with Gasteiger partial charge in [-0.15, -0.1) is 0 Å². The minimum absolute atomic E-state index is 0.195. The summed E-state index contributed by atoms with van der Waals surface area (Å²) in [5.41, 5.74) is 1.22. The lowest BCUT2D eigenvalue weighted by Crippen LogP contribution is -2.31. The smallest absolute Gasteiger partial charge is 0.0584 e. The Labute approximate surface area is 93.5 Å². The van der Waals surface area contributed by atoms with Crippen LogP contribution < -0.4 is 5.32 Å². The zero-order chi connectivity index (χ0) is 10.4. The normalized spacial score (nSPS) is 12.8. The van der Waals surface area contributed by atoms with E-state index in [9.17, 15) is 0 Å². The summed E-state index contributed by atoms with van der Waals surface area (Å²) in [6.07, 6.45) is 0.945. The van der Waals surface area contributed by atoms with Crippen LogP contribution in [0, 0.1) is 0 Å². The molecule has 1 aromatic carbocycles. The predicted molar refractivity (Wildman–Crippen MR) is 62.1 cm³/mol. The first kappa shape index (κ1) is 11.7. The van der Waals surface area contributed by atoms with Crippen molar-refractivity contribution in [2.75, 3.05) is 6.61 Å². The molecule has 0 aliphatic rings. The maximum absolute atomic E-state index is 9.00. The van der Waals surface area contributed by atoms with E-state index >= 15 is 0 Å². The van der Waals surface area contributed by atoms with Crippen molar-refractivity contribution in [3.8, 4) is 0 Å². The average molecular weight is 258 g/mol. The molecule has 0 saturated heterocycles. The van der Waals surface area contributed by atoms with Crippen LogP contribution >= 0.6 is 15.9 Å². The van der Waals surface area contributed by atoms with E-state index < -0.39 is 0 Å². The van der Waals surface area contributed by atoms with E-state index in [-0.39, 0.29) is 12.6 Å². The van der Waals surface area contributed by atoms with Crippen molar-refractivity contribution in [2.24, 2.45) is 0 Å². The van der Waals surface area contributed by atoms with E-state index in [0.717, 1.165) is 17.4 Å². The third-order valence-corrected chi connectivity index (χ3v) is 3.03. The van der Waals surface area contributed by atoms with Crippen LogP contribution in [0.15, 0.2) is 28.7 Å². The lowest BCUT2D eigenvalue weighted by molar-refractivity contribution is 0.238. The molecule has 0 amide bonds. The van der Waals surface area contributed by atoms with Crippen molar-refractivity contribution >= 4 is 15.9 Å². The Morgan fingerprint density at radius 2 is 2.14 bits per heavy atom. The second-order valence-electron chi connectivity index (χ2n) is 3.26. The summed E-state index contributed by atoms with van der Waals surface area (Å²) >= 11 is 3.49. The molecular weight excluding hydrogens is 242 g/mol. The molecule has 0 aliphatic carbocycles. The van der Waals surface area contributed by atoms with Gasteiger partial charge in [0.1, 0.15) is 0 Å². The summed E-state index contributed by atoms with van der Waals surface area (Å²) in [6, 6.07) is 8.30. The van der Waals surface area contributed by atoms with Crippen LogP contribution in [0.3, 0.4) is 0 Å². The molecular formula is C11H16BrNO. The van der Waals surface area contributed by atoms with Gasteiger partial charge in [-0.2, -0.15) is 0 Å². The van der Waals surface area contributed by atoms with Gasteiger partial charge in [-0.3, -0.25) is 0 Å². The van der Waals surface area contributed by atoms with Crippen LogP contribution in [0.5, 0.6) is 0 Å². The average Bonchev–Trinajstić information content (AvgIpc) is 2.22. The summed E-state index contributed by atoms with van der Waals surface area (Å²) in [7, 11) is 0. The fraction of sp³-hybridized carbons (Fsp3) is 0.455. The number of halogens is 1. The van der Waals surface area contributed by atoms with E-state index in [0.29, 0.717) is 0 Å². The van der Waals surface area contributed by atoms with Gasteiger partial charge in [-0.05, 0) is 18.1 Å². The maximum atomic E-state index is 9.00. The first-order valence-electron chi connectivity index (χ1n) is 4.85. The third kappa shape index (κ3) is 3.40. The molecule has 1 rings (SSSR count). The van der Waals surface area contributed by atoms with Gasteiger partial charge in [0.15, 0.2) is 0 Å². The number of benzene rings is 1. The van der Waals surface area contributed by atoms with Gasteiger partial charge < -0.3 is 10.4 Å². The molecule has 1 atom stereocenters. The molecule has 0 saturated carbocycles. The lowest BCUT2D eigenvalue weighted by Gasteiger charge is -2.14. The summed E-state index contributed by atoms with van der Waals surface area (Å²) in [5, 5.41) is 12.3. The molecule has 2 N–H and O–H groups in total. The Morgan fingerprint density at radius 3 is 2.71 bits per heavy atom. The van der Waals surface area contributed by atoms with E-state index in [1.807, 2.05) is 18.2 Å². The largest absolute Gasteiger partial charge is 0.395 e. The number of hydrogen-bond acceptors (Lipinski definition) is 2. The quantitative estimate of drug-likeness (QED) is 0.849. The Hall–Kier alpha value is -0.380. The van der Waals surface area contributed by atoms with Crippen molar-refractivity contribution in [3.63, 3.8) is 0 Å². The fourth-order valence-electron chi connectivity index (χ4n) is 1.23. The second-order valence-corrected chi connectivity index (χ2v) is 4.11. The molecule has 14 heavy (non-hydrogen) atoms. The van der Waals surface area contributed by atoms with Gasteiger partial charge in [-0.1, -0.05) is 41.1 Å². The molecule has 0 radical (unpaired) electrons. The first-order chi connectivity index (χ1) is 6.77. The van der Waals surface area contributed by atoms with Gasteiger partial charge in [0, 0.05) is 17.1 Å². The van der Waals surface area contributed by atoms with Gasteiger partial charge in [0.2, 0.25) is 0 Å². The van der Waals surface area contributed by atoms with Crippen LogP contribution in [-0.4, -0.2) is 17.8 Å². The lowest BCUT2D eigenvalue weighted by atomic mass is 10.2. The Kier molecular flexibility index (Phi) is 5.15. The molecule has 0 spiro atoms. The number of hydrogen-bond donors (Lipinski definition) is 2. The fourth-order valence-corrected chi connectivity index (χ4v) is 1.66. The van der Waals surface area contributed by atoms with E-state index in [1.54, 1.807) is 0 Å². The van der Waals surface area contributed by atoms with Crippen LogP contribution in [0.4, 0.5) is 0 Å². The van der Waals surface area contributed by atoms with Crippen LogP contribution in [-0.2, 0) is 6.54 Å². The van der Waals surface area contributed by atoms with Crippen molar-refractivity contribution in [1.82, 2.24) is 5.32 Å². The SMILES string of the molecule is CC[C@@H](CO)NCc1ccccc1Br. The minimum Gasteiger partial charge on any atom is -0.395 e. The number of rotatable bonds is 5. The zero-order valence-electron chi connectivity index (χ0n) is 8.33. The van der Waals surface area contributed by atoms with Crippen LogP contribution in [0.2, 0.25) is 0 Å². The Bertz CT molecular complexity index is 274. The number of aliphatic hydroxyl groups is 1. The predicted octanol–water partition coefficient (Wildman–Crippen LogP) is 2.31. The zero-order valence-corrected chi connectivity index (χ0v) is 9.92. The molecule has 0 fully saturated rings. The summed E-state index contributed by atoms with van der Waals surface area (Å²) in [6.45, 7) is 3.05. The highest BCUT2D eigenvalue weighted by Gasteiger charge is 2.04. The Morgan fingerprint density at radius 1 is 1.43 bits per heavy atom. The highest BCUT2D eigenvalue weighted by molar-refractivity contribution is 9.10.